The van der Waals surface area contributed by atoms with Crippen molar-refractivity contribution in [3.63, 3.8) is 0 Å². The summed E-state index contributed by atoms with van der Waals surface area (Å²) in [6, 6.07) is 17.1. The van der Waals surface area contributed by atoms with Gasteiger partial charge in [-0.2, -0.15) is 0 Å². The van der Waals surface area contributed by atoms with Gasteiger partial charge in [-0.3, -0.25) is 14.2 Å². The summed E-state index contributed by atoms with van der Waals surface area (Å²) in [7, 11) is 0. The second-order valence-corrected chi connectivity index (χ2v) is 10.5. The fourth-order valence-corrected chi connectivity index (χ4v) is 4.22. The lowest BCUT2D eigenvalue weighted by atomic mass is 9.95. The summed E-state index contributed by atoms with van der Waals surface area (Å²) in [6.07, 6.45) is 2.25. The number of benzene rings is 2. The zero-order valence-corrected chi connectivity index (χ0v) is 19.6. The van der Waals surface area contributed by atoms with Crippen molar-refractivity contribution in [2.24, 2.45) is 5.41 Å². The van der Waals surface area contributed by atoms with Gasteiger partial charge in [-0.25, -0.2) is 0 Å². The predicted molar refractivity (Wildman–Crippen MR) is 128 cm³/mol. The maximum Gasteiger partial charge on any atom is 0.229 e. The number of nitrogens with zero attached hydrogens (tertiary/aromatic N) is 3. The minimum absolute atomic E-state index is 0.0132. The Morgan fingerprint density at radius 3 is 2.28 bits per heavy atom. The molecule has 1 aliphatic carbocycles. The number of Topliss-reactive ketones (excluding diaryl/α,β-unsaturated/α-hetero) is 1. The van der Waals surface area contributed by atoms with Crippen molar-refractivity contribution in [3.8, 4) is 5.69 Å². The number of carbonyl (C=O) groups excluding carboxylic acids is 2. The van der Waals surface area contributed by atoms with Crippen molar-refractivity contribution in [1.82, 2.24) is 14.8 Å². The summed E-state index contributed by atoms with van der Waals surface area (Å²) in [4.78, 5) is 25.2. The Morgan fingerprint density at radius 2 is 1.69 bits per heavy atom. The van der Waals surface area contributed by atoms with E-state index in [2.05, 4.69) is 20.1 Å². The van der Waals surface area contributed by atoms with E-state index in [4.69, 9.17) is 0 Å². The first kappa shape index (κ1) is 22.3. The van der Waals surface area contributed by atoms with Gasteiger partial charge in [-0.1, -0.05) is 50.7 Å². The van der Waals surface area contributed by atoms with Crippen LogP contribution >= 0.6 is 11.8 Å². The lowest BCUT2D eigenvalue weighted by Gasteiger charge is -2.18. The van der Waals surface area contributed by atoms with Crippen molar-refractivity contribution in [2.75, 3.05) is 5.32 Å². The largest absolute Gasteiger partial charge is 0.326 e. The van der Waals surface area contributed by atoms with Crippen LogP contribution in [0.5, 0.6) is 0 Å². The number of rotatable bonds is 7. The smallest absolute Gasteiger partial charge is 0.229 e. The molecule has 1 amide bonds. The maximum absolute atomic E-state index is 13.1. The molecule has 1 saturated carbocycles. The molecule has 1 aliphatic rings. The highest BCUT2D eigenvalue weighted by Crippen LogP contribution is 2.41. The van der Waals surface area contributed by atoms with Gasteiger partial charge in [-0.05, 0) is 56.2 Å². The number of carbonyl (C=O) groups is 2. The molecule has 0 unspecified atom stereocenters. The maximum atomic E-state index is 13.1. The van der Waals surface area contributed by atoms with Crippen molar-refractivity contribution < 1.29 is 9.59 Å². The van der Waals surface area contributed by atoms with Gasteiger partial charge in [0.1, 0.15) is 5.82 Å². The molecule has 1 fully saturated rings. The highest BCUT2D eigenvalue weighted by Gasteiger charge is 2.32. The van der Waals surface area contributed by atoms with Gasteiger partial charge in [0.15, 0.2) is 10.9 Å². The van der Waals surface area contributed by atoms with E-state index >= 15 is 0 Å². The van der Waals surface area contributed by atoms with Crippen molar-refractivity contribution in [3.05, 3.63) is 66.0 Å². The molecule has 1 atom stereocenters. The summed E-state index contributed by atoms with van der Waals surface area (Å²) in [5.74, 6) is 1.36. The minimum Gasteiger partial charge on any atom is -0.326 e. The van der Waals surface area contributed by atoms with E-state index in [0.717, 1.165) is 29.5 Å². The van der Waals surface area contributed by atoms with Gasteiger partial charge in [0.25, 0.3) is 0 Å². The third-order valence-electron chi connectivity index (χ3n) is 5.38. The van der Waals surface area contributed by atoms with E-state index < -0.39 is 5.41 Å². The second-order valence-electron chi connectivity index (χ2n) is 9.19. The first-order valence-corrected chi connectivity index (χ1v) is 11.7. The van der Waals surface area contributed by atoms with E-state index in [-0.39, 0.29) is 16.9 Å². The number of hydrogen-bond acceptors (Lipinski definition) is 5. The Kier molecular flexibility index (Phi) is 6.20. The fraction of sp³-hybridized carbons (Fsp3) is 0.360. The fourth-order valence-electron chi connectivity index (χ4n) is 3.27. The van der Waals surface area contributed by atoms with Crippen LogP contribution in [-0.2, 0) is 4.79 Å². The number of thioether (sulfide) groups is 1. The molecule has 0 spiro atoms. The average molecular weight is 449 g/mol. The molecular formula is C25H28N4O2S. The molecule has 4 rings (SSSR count). The topological polar surface area (TPSA) is 76.9 Å². The number of amides is 1. The zero-order valence-electron chi connectivity index (χ0n) is 18.8. The van der Waals surface area contributed by atoms with Crippen molar-refractivity contribution in [1.29, 1.82) is 0 Å². The molecule has 1 heterocycles. The van der Waals surface area contributed by atoms with Crippen LogP contribution in [0.3, 0.4) is 0 Å². The van der Waals surface area contributed by atoms with Crippen molar-refractivity contribution in [2.45, 2.75) is 56.9 Å². The first-order chi connectivity index (χ1) is 15.2. The Balaban J connectivity index is 1.49. The van der Waals surface area contributed by atoms with Gasteiger partial charge in [0.05, 0.1) is 5.25 Å². The first-order valence-electron chi connectivity index (χ1n) is 10.9. The van der Waals surface area contributed by atoms with Crippen LogP contribution in [0.4, 0.5) is 5.69 Å². The van der Waals surface area contributed by atoms with Crippen LogP contribution in [0.15, 0.2) is 59.8 Å². The highest BCUT2D eigenvalue weighted by atomic mass is 32.2. The van der Waals surface area contributed by atoms with Crippen LogP contribution in [0, 0.1) is 5.41 Å². The second kappa shape index (κ2) is 8.90. The summed E-state index contributed by atoms with van der Waals surface area (Å²) >= 11 is 1.42. The van der Waals surface area contributed by atoms with E-state index in [0.29, 0.717) is 17.2 Å². The van der Waals surface area contributed by atoms with Crippen LogP contribution in [0.25, 0.3) is 5.69 Å². The van der Waals surface area contributed by atoms with Gasteiger partial charge < -0.3 is 5.32 Å². The lowest BCUT2D eigenvalue weighted by molar-refractivity contribution is -0.123. The molecule has 2 aromatic carbocycles. The molecule has 0 saturated heterocycles. The number of para-hydroxylation sites is 1. The summed E-state index contributed by atoms with van der Waals surface area (Å²) in [5, 5.41) is 12.1. The van der Waals surface area contributed by atoms with E-state index in [9.17, 15) is 9.59 Å². The molecule has 7 heteroatoms. The van der Waals surface area contributed by atoms with Crippen LogP contribution in [0.2, 0.25) is 0 Å². The van der Waals surface area contributed by atoms with Crippen LogP contribution in [0.1, 0.15) is 62.6 Å². The number of aromatic nitrogens is 3. The molecule has 0 bridgehead atoms. The number of anilines is 1. The normalized spacial score (nSPS) is 14.8. The molecule has 3 aromatic rings. The van der Waals surface area contributed by atoms with Gasteiger partial charge in [0.2, 0.25) is 5.91 Å². The predicted octanol–water partition coefficient (Wildman–Crippen LogP) is 5.49. The zero-order chi connectivity index (χ0) is 22.9. The third kappa shape index (κ3) is 4.93. The van der Waals surface area contributed by atoms with Crippen molar-refractivity contribution >= 4 is 29.1 Å². The molecule has 0 aliphatic heterocycles. The number of nitrogens with one attached hydrogen (secondary N) is 1. The molecule has 1 aromatic heterocycles. The molecule has 1 N–H and O–H groups in total. The third-order valence-corrected chi connectivity index (χ3v) is 6.42. The van der Waals surface area contributed by atoms with Gasteiger partial charge >= 0.3 is 0 Å². The van der Waals surface area contributed by atoms with E-state index in [1.54, 1.807) is 24.3 Å². The monoisotopic (exact) mass is 448 g/mol. The number of ketones is 1. The molecular weight excluding hydrogens is 420 g/mol. The Bertz CT molecular complexity index is 1110. The van der Waals surface area contributed by atoms with Gasteiger partial charge in [-0.15, -0.1) is 10.2 Å². The molecule has 32 heavy (non-hydrogen) atoms. The minimum atomic E-state index is -0.479. The average Bonchev–Trinajstić information content (AvgIpc) is 3.54. The van der Waals surface area contributed by atoms with E-state index in [1.807, 2.05) is 58.0 Å². The highest BCUT2D eigenvalue weighted by molar-refractivity contribution is 8.00. The molecule has 166 valence electrons. The van der Waals surface area contributed by atoms with Crippen LogP contribution < -0.4 is 5.32 Å². The Hall–Kier alpha value is -2.93. The Labute approximate surface area is 192 Å². The SMILES string of the molecule is C[C@@H](Sc1nnc(C2CC2)n1-c1ccccc1)C(=O)c1ccc(NC(=O)C(C)(C)C)cc1. The number of hydrogen-bond donors (Lipinski definition) is 1. The standard InChI is InChI=1S/C25H28N4O2S/c1-16(21(30)17-12-14-19(15-13-17)26-23(31)25(2,3)4)32-24-28-27-22(18-10-11-18)29(24)20-8-6-5-7-9-20/h5-9,12-16,18H,10-11H2,1-4H3,(H,26,31)/t16-/m1/s1. The quantitative estimate of drug-likeness (QED) is 0.382. The Morgan fingerprint density at radius 1 is 1.03 bits per heavy atom. The lowest BCUT2D eigenvalue weighted by Crippen LogP contribution is -2.27. The summed E-state index contributed by atoms with van der Waals surface area (Å²) in [6.45, 7) is 7.48. The summed E-state index contributed by atoms with van der Waals surface area (Å²) in [5.41, 5.74) is 1.82. The van der Waals surface area contributed by atoms with Gasteiger partial charge in [0, 0.05) is 28.3 Å². The summed E-state index contributed by atoms with van der Waals surface area (Å²) < 4.78 is 2.08. The molecule has 6 nitrogen and oxygen atoms in total. The molecule has 0 radical (unpaired) electrons. The van der Waals surface area contributed by atoms with E-state index in [1.165, 1.54) is 11.8 Å². The van der Waals surface area contributed by atoms with Crippen LogP contribution in [-0.4, -0.2) is 31.7 Å².